The van der Waals surface area contributed by atoms with Crippen LogP contribution in [0.25, 0.3) is 5.65 Å². The van der Waals surface area contributed by atoms with Crippen molar-refractivity contribution in [3.05, 3.63) is 64.6 Å². The van der Waals surface area contributed by atoms with Crippen molar-refractivity contribution in [2.75, 3.05) is 0 Å². The quantitative estimate of drug-likeness (QED) is 0.797. The third-order valence-electron chi connectivity index (χ3n) is 3.02. The average Bonchev–Trinajstić information content (AvgIpc) is 2.81. The Hall–Kier alpha value is -1.91. The number of benzene rings is 1. The van der Waals surface area contributed by atoms with Gasteiger partial charge in [0, 0.05) is 24.2 Å². The van der Waals surface area contributed by atoms with Crippen LogP contribution < -0.4 is 5.73 Å². The van der Waals surface area contributed by atoms with E-state index in [-0.39, 0.29) is 0 Å². The number of aromatic nitrogens is 3. The van der Waals surface area contributed by atoms with Gasteiger partial charge < -0.3 is 5.73 Å². The molecule has 0 amide bonds. The molecule has 1 aromatic carbocycles. The molecule has 0 saturated heterocycles. The summed E-state index contributed by atoms with van der Waals surface area (Å²) in [7, 11) is 0. The Morgan fingerprint density at radius 1 is 1.11 bits per heavy atom. The lowest BCUT2D eigenvalue weighted by Crippen LogP contribution is -2.01. The zero-order valence-corrected chi connectivity index (χ0v) is 11.0. The molecule has 0 spiro atoms. The van der Waals surface area contributed by atoms with Crippen LogP contribution in [-0.4, -0.2) is 14.6 Å². The minimum Gasteiger partial charge on any atom is -0.326 e. The second-order valence-corrected chi connectivity index (χ2v) is 4.83. The lowest BCUT2D eigenvalue weighted by Gasteiger charge is -2.03. The molecular weight excluding hydrogens is 260 g/mol. The second-order valence-electron chi connectivity index (χ2n) is 4.39. The number of hydrogen-bond acceptors (Lipinski definition) is 3. The zero-order chi connectivity index (χ0) is 13.2. The van der Waals surface area contributed by atoms with Gasteiger partial charge in [0.1, 0.15) is 5.82 Å². The Kier molecular flexibility index (Phi) is 3.19. The lowest BCUT2D eigenvalue weighted by molar-refractivity contribution is 0.922. The standard InChI is InChI=1S/C14H13ClN4/c15-12-3-1-2-10(6-12)7-14-18-17-13-5-4-11(8-16)9-19(13)14/h1-6,9H,7-8,16H2. The fraction of sp³-hybridized carbons (Fsp3) is 0.143. The van der Waals surface area contributed by atoms with Gasteiger partial charge in [0.2, 0.25) is 0 Å². The summed E-state index contributed by atoms with van der Waals surface area (Å²) in [4.78, 5) is 0. The number of halogens is 1. The van der Waals surface area contributed by atoms with Crippen molar-refractivity contribution in [1.82, 2.24) is 14.6 Å². The molecule has 3 aromatic rings. The topological polar surface area (TPSA) is 56.2 Å². The fourth-order valence-corrected chi connectivity index (χ4v) is 2.27. The van der Waals surface area contributed by atoms with E-state index in [0.717, 1.165) is 27.6 Å². The molecule has 5 heteroatoms. The van der Waals surface area contributed by atoms with Crippen molar-refractivity contribution in [2.45, 2.75) is 13.0 Å². The van der Waals surface area contributed by atoms with Crippen molar-refractivity contribution in [3.63, 3.8) is 0 Å². The highest BCUT2D eigenvalue weighted by atomic mass is 35.5. The van der Waals surface area contributed by atoms with Gasteiger partial charge in [0.25, 0.3) is 0 Å². The van der Waals surface area contributed by atoms with Gasteiger partial charge >= 0.3 is 0 Å². The maximum absolute atomic E-state index is 5.99. The molecule has 2 heterocycles. The van der Waals surface area contributed by atoms with Crippen LogP contribution in [0.15, 0.2) is 42.6 Å². The van der Waals surface area contributed by atoms with Gasteiger partial charge in [-0.25, -0.2) is 0 Å². The van der Waals surface area contributed by atoms with E-state index in [1.165, 1.54) is 0 Å². The molecule has 0 unspecified atom stereocenters. The van der Waals surface area contributed by atoms with E-state index in [4.69, 9.17) is 17.3 Å². The van der Waals surface area contributed by atoms with Crippen molar-refractivity contribution in [3.8, 4) is 0 Å². The van der Waals surface area contributed by atoms with E-state index in [1.807, 2.05) is 47.0 Å². The molecule has 3 rings (SSSR count). The number of fused-ring (bicyclic) bond motifs is 1. The summed E-state index contributed by atoms with van der Waals surface area (Å²) in [6.45, 7) is 0.505. The molecular formula is C14H13ClN4. The first-order valence-corrected chi connectivity index (χ1v) is 6.41. The van der Waals surface area contributed by atoms with Gasteiger partial charge in [-0.05, 0) is 29.3 Å². The summed E-state index contributed by atoms with van der Waals surface area (Å²) in [6.07, 6.45) is 2.67. The Balaban J connectivity index is 2.00. The number of rotatable bonds is 3. The predicted molar refractivity (Wildman–Crippen MR) is 75.1 cm³/mol. The van der Waals surface area contributed by atoms with Crippen LogP contribution in [0, 0.1) is 0 Å². The Morgan fingerprint density at radius 3 is 2.79 bits per heavy atom. The molecule has 19 heavy (non-hydrogen) atoms. The molecule has 0 fully saturated rings. The highest BCUT2D eigenvalue weighted by Crippen LogP contribution is 2.15. The molecule has 4 nitrogen and oxygen atoms in total. The third kappa shape index (κ3) is 2.45. The van der Waals surface area contributed by atoms with E-state index in [9.17, 15) is 0 Å². The maximum atomic E-state index is 5.99. The van der Waals surface area contributed by atoms with E-state index >= 15 is 0 Å². The highest BCUT2D eigenvalue weighted by Gasteiger charge is 2.07. The second kappa shape index (κ2) is 4.99. The Labute approximate surface area is 115 Å². The van der Waals surface area contributed by atoms with Crippen LogP contribution in [-0.2, 0) is 13.0 Å². The predicted octanol–water partition coefficient (Wildman–Crippen LogP) is 2.43. The van der Waals surface area contributed by atoms with Gasteiger partial charge in [0.15, 0.2) is 5.65 Å². The van der Waals surface area contributed by atoms with Gasteiger partial charge in [-0.1, -0.05) is 29.8 Å². The maximum Gasteiger partial charge on any atom is 0.160 e. The third-order valence-corrected chi connectivity index (χ3v) is 3.26. The number of hydrogen-bond donors (Lipinski definition) is 1. The highest BCUT2D eigenvalue weighted by molar-refractivity contribution is 6.30. The lowest BCUT2D eigenvalue weighted by atomic mass is 10.1. The normalized spacial score (nSPS) is 11.1. The molecule has 0 atom stereocenters. The molecule has 96 valence electrons. The Bertz CT molecular complexity index is 720. The molecule has 2 N–H and O–H groups in total. The van der Waals surface area contributed by atoms with E-state index in [1.54, 1.807) is 0 Å². The molecule has 2 aromatic heterocycles. The summed E-state index contributed by atoms with van der Waals surface area (Å²) in [5, 5.41) is 9.11. The Morgan fingerprint density at radius 2 is 2.00 bits per heavy atom. The fourth-order valence-electron chi connectivity index (χ4n) is 2.05. The summed E-state index contributed by atoms with van der Waals surface area (Å²) in [6, 6.07) is 11.7. The van der Waals surface area contributed by atoms with Crippen LogP contribution in [0.2, 0.25) is 5.02 Å². The van der Waals surface area contributed by atoms with Gasteiger partial charge in [-0.15, -0.1) is 10.2 Å². The van der Waals surface area contributed by atoms with Crippen molar-refractivity contribution in [1.29, 1.82) is 0 Å². The minimum atomic E-state index is 0.505. The van der Waals surface area contributed by atoms with E-state index < -0.39 is 0 Å². The summed E-state index contributed by atoms with van der Waals surface area (Å²) >= 11 is 5.99. The average molecular weight is 273 g/mol. The van der Waals surface area contributed by atoms with Crippen LogP contribution in [0.5, 0.6) is 0 Å². The number of nitrogens with zero attached hydrogens (tertiary/aromatic N) is 3. The molecule has 0 radical (unpaired) electrons. The van der Waals surface area contributed by atoms with Gasteiger partial charge in [-0.3, -0.25) is 4.40 Å². The van der Waals surface area contributed by atoms with Crippen LogP contribution in [0.4, 0.5) is 0 Å². The zero-order valence-electron chi connectivity index (χ0n) is 10.3. The molecule has 0 saturated carbocycles. The van der Waals surface area contributed by atoms with Crippen LogP contribution in [0.3, 0.4) is 0 Å². The van der Waals surface area contributed by atoms with E-state index in [2.05, 4.69) is 10.2 Å². The number of nitrogens with two attached hydrogens (primary N) is 1. The summed E-state index contributed by atoms with van der Waals surface area (Å²) < 4.78 is 1.98. The van der Waals surface area contributed by atoms with E-state index in [0.29, 0.717) is 13.0 Å². The molecule has 0 aliphatic carbocycles. The smallest absolute Gasteiger partial charge is 0.160 e. The number of pyridine rings is 1. The largest absolute Gasteiger partial charge is 0.326 e. The van der Waals surface area contributed by atoms with Crippen molar-refractivity contribution >= 4 is 17.2 Å². The SMILES string of the molecule is NCc1ccc2nnc(Cc3cccc(Cl)c3)n2c1. The van der Waals surface area contributed by atoms with Crippen molar-refractivity contribution in [2.24, 2.45) is 5.73 Å². The van der Waals surface area contributed by atoms with Gasteiger partial charge in [-0.2, -0.15) is 0 Å². The first-order valence-electron chi connectivity index (χ1n) is 6.03. The monoisotopic (exact) mass is 272 g/mol. The molecule has 0 aliphatic rings. The van der Waals surface area contributed by atoms with Crippen molar-refractivity contribution < 1.29 is 0 Å². The summed E-state index contributed by atoms with van der Waals surface area (Å²) in [5.74, 6) is 0.882. The van der Waals surface area contributed by atoms with Gasteiger partial charge in [0.05, 0.1) is 0 Å². The first kappa shape index (κ1) is 12.1. The summed E-state index contributed by atoms with van der Waals surface area (Å²) in [5.41, 5.74) is 8.65. The molecule has 0 bridgehead atoms. The minimum absolute atomic E-state index is 0.505. The van der Waals surface area contributed by atoms with Crippen LogP contribution in [0.1, 0.15) is 17.0 Å². The molecule has 0 aliphatic heterocycles. The first-order chi connectivity index (χ1) is 9.26. The van der Waals surface area contributed by atoms with Crippen LogP contribution >= 0.6 is 11.6 Å².